The van der Waals surface area contributed by atoms with Crippen LogP contribution in [0, 0.1) is 6.92 Å². The summed E-state index contributed by atoms with van der Waals surface area (Å²) in [6, 6.07) is 19.4. The van der Waals surface area contributed by atoms with Crippen LogP contribution >= 0.6 is 0 Å². The molecule has 0 bridgehead atoms. The first-order chi connectivity index (χ1) is 12.2. The fraction of sp³-hybridized carbons (Fsp3) is 0.143. The monoisotopic (exact) mass is 331 g/mol. The van der Waals surface area contributed by atoms with Gasteiger partial charge < -0.3 is 4.42 Å². The van der Waals surface area contributed by atoms with E-state index in [1.165, 1.54) is 0 Å². The molecule has 0 unspecified atom stereocenters. The van der Waals surface area contributed by atoms with Crippen LogP contribution in [0.15, 0.2) is 77.5 Å². The van der Waals surface area contributed by atoms with Crippen molar-refractivity contribution in [2.45, 2.75) is 20.0 Å². The fourth-order valence-electron chi connectivity index (χ4n) is 3.03. The summed E-state index contributed by atoms with van der Waals surface area (Å²) in [5, 5.41) is 1.11. The van der Waals surface area contributed by atoms with Crippen LogP contribution in [0.1, 0.15) is 21.9 Å². The number of hydrogen-bond donors (Lipinski definition) is 0. The lowest BCUT2D eigenvalue weighted by Gasteiger charge is -2.01. The maximum atomic E-state index is 12.4. The number of benzene rings is 2. The van der Waals surface area contributed by atoms with E-state index in [0.29, 0.717) is 13.1 Å². The second-order valence-electron chi connectivity index (χ2n) is 6.14. The molecule has 0 aliphatic rings. The minimum absolute atomic E-state index is 0.107. The molecule has 0 radical (unpaired) electrons. The van der Waals surface area contributed by atoms with Gasteiger partial charge in [0.1, 0.15) is 30.3 Å². The van der Waals surface area contributed by atoms with Gasteiger partial charge in [-0.2, -0.15) is 0 Å². The zero-order chi connectivity index (χ0) is 17.2. The molecule has 124 valence electrons. The summed E-state index contributed by atoms with van der Waals surface area (Å²) in [6.45, 7) is 3.00. The Morgan fingerprint density at radius 1 is 1.08 bits per heavy atom. The fourth-order valence-corrected chi connectivity index (χ4v) is 3.03. The molecule has 2 aromatic heterocycles. The van der Waals surface area contributed by atoms with E-state index in [1.807, 2.05) is 78.5 Å². The molecule has 25 heavy (non-hydrogen) atoms. The average Bonchev–Trinajstić information content (AvgIpc) is 3.20. The number of carbonyl (C=O) groups is 1. The summed E-state index contributed by atoms with van der Waals surface area (Å²) in [6.07, 6.45) is 3.93. The van der Waals surface area contributed by atoms with Gasteiger partial charge in [-0.05, 0) is 12.1 Å². The Labute approximate surface area is 145 Å². The van der Waals surface area contributed by atoms with Crippen LogP contribution in [0.2, 0.25) is 0 Å². The third kappa shape index (κ3) is 3.11. The van der Waals surface area contributed by atoms with Gasteiger partial charge in [0, 0.05) is 17.9 Å². The Balaban J connectivity index is 1.53. The van der Waals surface area contributed by atoms with Gasteiger partial charge in [0.2, 0.25) is 5.78 Å². The van der Waals surface area contributed by atoms with Gasteiger partial charge in [0.15, 0.2) is 6.54 Å². The van der Waals surface area contributed by atoms with Crippen molar-refractivity contribution in [3.63, 3.8) is 0 Å². The van der Waals surface area contributed by atoms with Crippen molar-refractivity contribution in [3.8, 4) is 0 Å². The number of hydrogen-bond acceptors (Lipinski definition) is 2. The van der Waals surface area contributed by atoms with Crippen molar-refractivity contribution < 1.29 is 13.8 Å². The molecular formula is C21H19N2O2+. The lowest BCUT2D eigenvalue weighted by atomic mass is 10.1. The van der Waals surface area contributed by atoms with Crippen LogP contribution in [0.4, 0.5) is 0 Å². The zero-order valence-corrected chi connectivity index (χ0v) is 14.1. The highest BCUT2D eigenvalue weighted by Gasteiger charge is 2.17. The maximum absolute atomic E-state index is 12.4. The van der Waals surface area contributed by atoms with Crippen molar-refractivity contribution in [1.82, 2.24) is 4.57 Å². The molecule has 0 atom stereocenters. The summed E-state index contributed by atoms with van der Waals surface area (Å²) in [7, 11) is 0. The van der Waals surface area contributed by atoms with Crippen LogP contribution in [-0.4, -0.2) is 10.4 Å². The lowest BCUT2D eigenvalue weighted by Crippen LogP contribution is -2.39. The van der Waals surface area contributed by atoms with Crippen molar-refractivity contribution in [3.05, 3.63) is 90.2 Å². The first kappa shape index (κ1) is 15.4. The number of rotatable bonds is 5. The summed E-state index contributed by atoms with van der Waals surface area (Å²) in [5.74, 6) is 2.03. The van der Waals surface area contributed by atoms with Crippen LogP contribution in [0.3, 0.4) is 0 Å². The highest BCUT2D eigenvalue weighted by molar-refractivity contribution is 5.94. The molecule has 0 spiro atoms. The SMILES string of the molecule is Cc1n(Cc2cc3ccccc3o2)cc[n+]1CC(=O)c1ccccc1. The van der Waals surface area contributed by atoms with E-state index >= 15 is 0 Å². The predicted molar refractivity (Wildman–Crippen MR) is 95.5 cm³/mol. The van der Waals surface area contributed by atoms with Gasteiger partial charge in [-0.1, -0.05) is 48.5 Å². The van der Waals surface area contributed by atoms with Gasteiger partial charge in [-0.15, -0.1) is 0 Å². The second-order valence-corrected chi connectivity index (χ2v) is 6.14. The third-order valence-electron chi connectivity index (χ3n) is 4.47. The van der Waals surface area contributed by atoms with Gasteiger partial charge in [0.05, 0.1) is 0 Å². The minimum atomic E-state index is 0.107. The van der Waals surface area contributed by atoms with Crippen LogP contribution in [0.5, 0.6) is 0 Å². The molecule has 2 aromatic carbocycles. The first-order valence-corrected chi connectivity index (χ1v) is 8.31. The quantitative estimate of drug-likeness (QED) is 0.412. The van der Waals surface area contributed by atoms with Gasteiger partial charge in [-0.3, -0.25) is 4.79 Å². The molecule has 2 heterocycles. The molecule has 4 aromatic rings. The van der Waals surface area contributed by atoms with E-state index in [0.717, 1.165) is 28.1 Å². The molecule has 0 amide bonds. The Kier molecular flexibility index (Phi) is 3.94. The summed E-state index contributed by atoms with van der Waals surface area (Å²) >= 11 is 0. The first-order valence-electron chi connectivity index (χ1n) is 8.31. The molecule has 4 heteroatoms. The Morgan fingerprint density at radius 2 is 1.84 bits per heavy atom. The number of aromatic nitrogens is 2. The molecule has 4 nitrogen and oxygen atoms in total. The third-order valence-corrected chi connectivity index (χ3v) is 4.47. The number of Topliss-reactive ketones (excluding diaryl/α,β-unsaturated/α-hetero) is 1. The highest BCUT2D eigenvalue weighted by atomic mass is 16.3. The lowest BCUT2D eigenvalue weighted by molar-refractivity contribution is -0.688. The number of fused-ring (bicyclic) bond motifs is 1. The molecular weight excluding hydrogens is 312 g/mol. The van der Waals surface area contributed by atoms with E-state index in [4.69, 9.17) is 4.42 Å². The van der Waals surface area contributed by atoms with E-state index < -0.39 is 0 Å². The van der Waals surface area contributed by atoms with Crippen molar-refractivity contribution in [2.75, 3.05) is 0 Å². The number of furan rings is 1. The molecule has 0 aliphatic carbocycles. The number of ketones is 1. The molecule has 0 saturated carbocycles. The van der Waals surface area contributed by atoms with Crippen LogP contribution in [-0.2, 0) is 13.1 Å². The largest absolute Gasteiger partial charge is 0.457 e. The van der Waals surface area contributed by atoms with E-state index in [9.17, 15) is 4.79 Å². The zero-order valence-electron chi connectivity index (χ0n) is 14.1. The molecule has 0 aliphatic heterocycles. The minimum Gasteiger partial charge on any atom is -0.457 e. The van der Waals surface area contributed by atoms with Crippen molar-refractivity contribution in [1.29, 1.82) is 0 Å². The standard InChI is InChI=1S/C21H19N2O2/c1-16-22(14-19-13-18-9-5-6-10-21(18)25-19)11-12-23(16)15-20(24)17-7-3-2-4-8-17/h2-13H,14-15H2,1H3/q+1. The predicted octanol–water partition coefficient (Wildman–Crippen LogP) is 3.76. The summed E-state index contributed by atoms with van der Waals surface area (Å²) in [5.41, 5.74) is 1.63. The molecule has 4 rings (SSSR count). The van der Waals surface area contributed by atoms with Gasteiger partial charge in [-0.25, -0.2) is 9.13 Å². The number of imidazole rings is 1. The van der Waals surface area contributed by atoms with Crippen molar-refractivity contribution in [2.24, 2.45) is 0 Å². The topological polar surface area (TPSA) is 39.0 Å². The molecule has 0 fully saturated rings. The van der Waals surface area contributed by atoms with Gasteiger partial charge in [0.25, 0.3) is 5.82 Å². The van der Waals surface area contributed by atoms with E-state index in [1.54, 1.807) is 0 Å². The molecule has 0 saturated heterocycles. The maximum Gasteiger partial charge on any atom is 0.254 e. The Morgan fingerprint density at radius 3 is 2.64 bits per heavy atom. The van der Waals surface area contributed by atoms with Crippen LogP contribution < -0.4 is 4.57 Å². The van der Waals surface area contributed by atoms with E-state index in [-0.39, 0.29) is 5.78 Å². The average molecular weight is 331 g/mol. The number of para-hydroxylation sites is 1. The summed E-state index contributed by atoms with van der Waals surface area (Å²) in [4.78, 5) is 12.4. The van der Waals surface area contributed by atoms with Crippen LogP contribution in [0.25, 0.3) is 11.0 Å². The highest BCUT2D eigenvalue weighted by Crippen LogP contribution is 2.19. The van der Waals surface area contributed by atoms with Gasteiger partial charge >= 0.3 is 0 Å². The number of nitrogens with zero attached hydrogens (tertiary/aromatic N) is 2. The number of carbonyl (C=O) groups excluding carboxylic acids is 1. The normalized spacial score (nSPS) is 11.1. The summed E-state index contributed by atoms with van der Waals surface area (Å²) < 4.78 is 9.95. The molecule has 0 N–H and O–H groups in total. The Hall–Kier alpha value is -3.14. The van der Waals surface area contributed by atoms with E-state index in [2.05, 4.69) is 10.6 Å². The van der Waals surface area contributed by atoms with Crippen molar-refractivity contribution >= 4 is 16.8 Å². The smallest absolute Gasteiger partial charge is 0.254 e. The Bertz CT molecular complexity index is 995. The second kappa shape index (κ2) is 6.40.